The van der Waals surface area contributed by atoms with Gasteiger partial charge >= 0.3 is 0 Å². The van der Waals surface area contributed by atoms with E-state index in [-0.39, 0.29) is 0 Å². The summed E-state index contributed by atoms with van der Waals surface area (Å²) in [4.78, 5) is 0. The molecule has 1 nitrogen and oxygen atoms in total. The quantitative estimate of drug-likeness (QED) is 0.627. The fourth-order valence-electron chi connectivity index (χ4n) is 1.29. The molecule has 0 radical (unpaired) electrons. The molecule has 1 unspecified atom stereocenters. The lowest BCUT2D eigenvalue weighted by Gasteiger charge is -2.16. The van der Waals surface area contributed by atoms with E-state index in [2.05, 4.69) is 31.7 Å². The molecular weight excluding hydrogens is 184 g/mol. The van der Waals surface area contributed by atoms with Crippen LogP contribution in [-0.2, 0) is 0 Å². The lowest BCUT2D eigenvalue weighted by Crippen LogP contribution is -2.19. The molecule has 0 saturated heterocycles. The maximum Gasteiger partial charge on any atom is 0.0800 e. The lowest BCUT2D eigenvalue weighted by atomic mass is 9.99. The van der Waals surface area contributed by atoms with Crippen molar-refractivity contribution in [1.82, 2.24) is 0 Å². The second kappa shape index (κ2) is 7.47. The zero-order valence-electron chi connectivity index (χ0n) is 10.3. The predicted octanol–water partition coefficient (Wildman–Crippen LogP) is 4.01. The molecule has 0 aromatic heterocycles. The van der Waals surface area contributed by atoms with Crippen LogP contribution in [0.25, 0.3) is 0 Å². The molecule has 1 atom stereocenters. The SMILES string of the molecule is C=CC(C)(O)CC/C=C(\C)CC/C=C/C. The van der Waals surface area contributed by atoms with Gasteiger partial charge in [-0.3, -0.25) is 0 Å². The Bertz CT molecular complexity index is 234. The maximum atomic E-state index is 9.69. The molecule has 0 aromatic rings. The Labute approximate surface area is 94.2 Å². The molecule has 0 aliphatic heterocycles. The van der Waals surface area contributed by atoms with Gasteiger partial charge in [-0.25, -0.2) is 0 Å². The van der Waals surface area contributed by atoms with Gasteiger partial charge in [-0.05, 0) is 46.5 Å². The monoisotopic (exact) mass is 208 g/mol. The van der Waals surface area contributed by atoms with E-state index >= 15 is 0 Å². The molecular formula is C14H24O. The number of rotatable bonds is 7. The van der Waals surface area contributed by atoms with Crippen LogP contribution in [0.2, 0.25) is 0 Å². The number of hydrogen-bond acceptors (Lipinski definition) is 1. The first-order valence-electron chi connectivity index (χ1n) is 5.64. The summed E-state index contributed by atoms with van der Waals surface area (Å²) in [5.74, 6) is 0. The predicted molar refractivity (Wildman–Crippen MR) is 67.9 cm³/mol. The molecule has 86 valence electrons. The zero-order valence-corrected chi connectivity index (χ0v) is 10.3. The van der Waals surface area contributed by atoms with E-state index in [1.54, 1.807) is 13.0 Å². The minimum absolute atomic E-state index is 0.722. The standard InChI is InChI=1S/C14H24O/c1-5-7-8-10-13(3)11-9-12-14(4,15)6-2/h5-7,11,15H,2,8-10,12H2,1,3-4H3/b7-5+,13-11+. The van der Waals surface area contributed by atoms with Gasteiger partial charge in [-0.2, -0.15) is 0 Å². The molecule has 0 fully saturated rings. The fraction of sp³-hybridized carbons (Fsp3) is 0.571. The summed E-state index contributed by atoms with van der Waals surface area (Å²) in [6.45, 7) is 9.59. The Morgan fingerprint density at radius 3 is 2.60 bits per heavy atom. The van der Waals surface area contributed by atoms with Gasteiger partial charge in [0.15, 0.2) is 0 Å². The largest absolute Gasteiger partial charge is 0.386 e. The fourth-order valence-corrected chi connectivity index (χ4v) is 1.29. The first-order valence-corrected chi connectivity index (χ1v) is 5.64. The average Bonchev–Trinajstić information content (AvgIpc) is 2.18. The molecule has 0 heterocycles. The van der Waals surface area contributed by atoms with E-state index in [9.17, 15) is 5.11 Å². The third-order valence-corrected chi connectivity index (χ3v) is 2.52. The lowest BCUT2D eigenvalue weighted by molar-refractivity contribution is 0.103. The van der Waals surface area contributed by atoms with Crippen LogP contribution in [0.5, 0.6) is 0 Å². The van der Waals surface area contributed by atoms with Crippen LogP contribution in [0.3, 0.4) is 0 Å². The first kappa shape index (κ1) is 14.2. The Morgan fingerprint density at radius 2 is 2.07 bits per heavy atom. The summed E-state index contributed by atoms with van der Waals surface area (Å²) >= 11 is 0. The van der Waals surface area contributed by atoms with Gasteiger partial charge in [0.05, 0.1) is 5.60 Å². The Balaban J connectivity index is 3.80. The highest BCUT2D eigenvalue weighted by Crippen LogP contribution is 2.15. The van der Waals surface area contributed by atoms with Crippen molar-refractivity contribution in [3.8, 4) is 0 Å². The van der Waals surface area contributed by atoms with Crippen LogP contribution in [0, 0.1) is 0 Å². The molecule has 0 amide bonds. The molecule has 15 heavy (non-hydrogen) atoms. The molecule has 0 rings (SSSR count). The third kappa shape index (κ3) is 8.19. The van der Waals surface area contributed by atoms with Crippen molar-refractivity contribution in [2.24, 2.45) is 0 Å². The van der Waals surface area contributed by atoms with Crippen molar-refractivity contribution in [1.29, 1.82) is 0 Å². The first-order chi connectivity index (χ1) is 7.02. The van der Waals surface area contributed by atoms with Crippen molar-refractivity contribution in [2.45, 2.75) is 52.1 Å². The molecule has 0 spiro atoms. The summed E-state index contributed by atoms with van der Waals surface area (Å²) in [6, 6.07) is 0. The minimum Gasteiger partial charge on any atom is -0.386 e. The van der Waals surface area contributed by atoms with E-state index in [0.29, 0.717) is 0 Å². The smallest absolute Gasteiger partial charge is 0.0800 e. The summed E-state index contributed by atoms with van der Waals surface area (Å²) in [5, 5.41) is 9.69. The number of hydrogen-bond donors (Lipinski definition) is 1. The summed E-state index contributed by atoms with van der Waals surface area (Å²) in [7, 11) is 0. The van der Waals surface area contributed by atoms with Gasteiger partial charge in [-0.1, -0.05) is 29.9 Å². The second-order valence-corrected chi connectivity index (χ2v) is 4.26. The zero-order chi connectivity index (χ0) is 11.7. The summed E-state index contributed by atoms with van der Waals surface area (Å²) < 4.78 is 0. The summed E-state index contributed by atoms with van der Waals surface area (Å²) in [5.41, 5.74) is 0.674. The highest BCUT2D eigenvalue weighted by atomic mass is 16.3. The van der Waals surface area contributed by atoms with Gasteiger partial charge in [0, 0.05) is 0 Å². The van der Waals surface area contributed by atoms with Crippen LogP contribution in [0.15, 0.2) is 36.5 Å². The van der Waals surface area contributed by atoms with Crippen molar-refractivity contribution in [2.75, 3.05) is 0 Å². The van der Waals surface area contributed by atoms with Gasteiger partial charge in [0.25, 0.3) is 0 Å². The second-order valence-electron chi connectivity index (χ2n) is 4.26. The van der Waals surface area contributed by atoms with Crippen molar-refractivity contribution >= 4 is 0 Å². The maximum absolute atomic E-state index is 9.69. The normalized spacial score (nSPS) is 16.7. The third-order valence-electron chi connectivity index (χ3n) is 2.52. The highest BCUT2D eigenvalue weighted by molar-refractivity contribution is 5.02. The van der Waals surface area contributed by atoms with Crippen LogP contribution >= 0.6 is 0 Å². The Kier molecular flexibility index (Phi) is 7.06. The Hall–Kier alpha value is -0.820. The molecule has 1 heteroatoms. The molecule has 0 aliphatic rings. The van der Waals surface area contributed by atoms with E-state index in [0.717, 1.165) is 25.7 Å². The minimum atomic E-state index is -0.722. The van der Waals surface area contributed by atoms with E-state index in [1.165, 1.54) is 5.57 Å². The average molecular weight is 208 g/mol. The summed E-state index contributed by atoms with van der Waals surface area (Å²) in [6.07, 6.45) is 12.0. The molecule has 1 N–H and O–H groups in total. The van der Waals surface area contributed by atoms with Gasteiger partial charge in [0.1, 0.15) is 0 Å². The van der Waals surface area contributed by atoms with Crippen LogP contribution in [0.4, 0.5) is 0 Å². The highest BCUT2D eigenvalue weighted by Gasteiger charge is 2.12. The van der Waals surface area contributed by atoms with Gasteiger partial charge < -0.3 is 5.11 Å². The molecule has 0 bridgehead atoms. The van der Waals surface area contributed by atoms with Crippen molar-refractivity contribution < 1.29 is 5.11 Å². The van der Waals surface area contributed by atoms with Crippen molar-refractivity contribution in [3.63, 3.8) is 0 Å². The van der Waals surface area contributed by atoms with Gasteiger partial charge in [0.2, 0.25) is 0 Å². The number of aliphatic hydroxyl groups is 1. The topological polar surface area (TPSA) is 20.2 Å². The molecule has 0 aliphatic carbocycles. The van der Waals surface area contributed by atoms with Crippen LogP contribution < -0.4 is 0 Å². The van der Waals surface area contributed by atoms with Crippen molar-refractivity contribution in [3.05, 3.63) is 36.5 Å². The molecule has 0 aromatic carbocycles. The van der Waals surface area contributed by atoms with E-state index in [1.807, 2.05) is 6.92 Å². The number of allylic oxidation sites excluding steroid dienone is 4. The molecule has 0 saturated carbocycles. The van der Waals surface area contributed by atoms with E-state index in [4.69, 9.17) is 0 Å². The van der Waals surface area contributed by atoms with Crippen LogP contribution in [-0.4, -0.2) is 10.7 Å². The van der Waals surface area contributed by atoms with Gasteiger partial charge in [-0.15, -0.1) is 6.58 Å². The Morgan fingerprint density at radius 1 is 1.40 bits per heavy atom. The van der Waals surface area contributed by atoms with E-state index < -0.39 is 5.60 Å². The van der Waals surface area contributed by atoms with Crippen LogP contribution in [0.1, 0.15) is 46.5 Å².